The fourth-order valence-electron chi connectivity index (χ4n) is 2.07. The number of carbonyl (C=O) groups excluding carboxylic acids is 1. The van der Waals surface area contributed by atoms with E-state index in [4.69, 9.17) is 9.47 Å². The number of aliphatic imine (C=N–C) groups is 1. The fraction of sp³-hybridized carbons (Fsp3) is 0.579. The van der Waals surface area contributed by atoms with Gasteiger partial charge in [0.2, 0.25) is 0 Å². The Morgan fingerprint density at radius 3 is 2.42 bits per heavy atom. The molecule has 0 aliphatic carbocycles. The molecule has 1 aromatic carbocycles. The van der Waals surface area contributed by atoms with Crippen molar-refractivity contribution in [2.45, 2.75) is 46.3 Å². The van der Waals surface area contributed by atoms with Crippen LogP contribution in [0, 0.1) is 6.92 Å². The van der Waals surface area contributed by atoms with Crippen molar-refractivity contribution in [3.63, 3.8) is 0 Å². The molecular weight excluding hydrogens is 332 g/mol. The van der Waals surface area contributed by atoms with E-state index in [1.807, 2.05) is 58.9 Å². The smallest absolute Gasteiger partial charge is 0.407 e. The minimum Gasteiger partial charge on any atom is -0.489 e. The van der Waals surface area contributed by atoms with Crippen LogP contribution in [0.2, 0.25) is 0 Å². The topological polar surface area (TPSA) is 84.0 Å². The van der Waals surface area contributed by atoms with Gasteiger partial charge in [0.15, 0.2) is 5.96 Å². The zero-order chi connectivity index (χ0) is 19.6. The second-order valence-corrected chi connectivity index (χ2v) is 7.00. The molecule has 3 N–H and O–H groups in total. The number of guanidine groups is 1. The number of nitrogens with zero attached hydrogens (tertiary/aromatic N) is 1. The molecule has 0 aliphatic heterocycles. The summed E-state index contributed by atoms with van der Waals surface area (Å²) in [5.41, 5.74) is 0.609. The maximum atomic E-state index is 11.6. The molecule has 146 valence electrons. The van der Waals surface area contributed by atoms with Crippen LogP contribution >= 0.6 is 0 Å². The van der Waals surface area contributed by atoms with E-state index in [0.717, 1.165) is 11.3 Å². The predicted molar refractivity (Wildman–Crippen MR) is 105 cm³/mol. The van der Waals surface area contributed by atoms with E-state index in [1.54, 1.807) is 7.05 Å². The number of aryl methyl sites for hydroxylation is 1. The first-order valence-corrected chi connectivity index (χ1v) is 8.85. The van der Waals surface area contributed by atoms with E-state index in [1.165, 1.54) is 0 Å². The van der Waals surface area contributed by atoms with Gasteiger partial charge in [-0.3, -0.25) is 4.99 Å². The van der Waals surface area contributed by atoms with E-state index in [2.05, 4.69) is 20.9 Å². The summed E-state index contributed by atoms with van der Waals surface area (Å²) in [4.78, 5) is 15.7. The van der Waals surface area contributed by atoms with Gasteiger partial charge in [0.1, 0.15) is 17.5 Å². The highest BCUT2D eigenvalue weighted by Gasteiger charge is 2.15. The molecule has 1 amide bonds. The van der Waals surface area contributed by atoms with Crippen LogP contribution in [0.15, 0.2) is 29.3 Å². The average Bonchev–Trinajstić information content (AvgIpc) is 2.54. The Bertz CT molecular complexity index is 597. The number of carbonyl (C=O) groups is 1. The third-order valence-corrected chi connectivity index (χ3v) is 3.29. The van der Waals surface area contributed by atoms with E-state index in [0.29, 0.717) is 25.6 Å². The molecule has 26 heavy (non-hydrogen) atoms. The number of hydrogen-bond acceptors (Lipinski definition) is 4. The van der Waals surface area contributed by atoms with Gasteiger partial charge in [-0.1, -0.05) is 18.2 Å². The van der Waals surface area contributed by atoms with Gasteiger partial charge < -0.3 is 25.4 Å². The minimum atomic E-state index is -0.498. The third kappa shape index (κ3) is 9.15. The van der Waals surface area contributed by atoms with E-state index in [9.17, 15) is 4.79 Å². The highest BCUT2D eigenvalue weighted by molar-refractivity contribution is 5.79. The summed E-state index contributed by atoms with van der Waals surface area (Å²) >= 11 is 0. The molecule has 1 atom stereocenters. The molecule has 0 saturated carbocycles. The number of alkyl carbamates (subject to hydrolysis) is 1. The second kappa shape index (κ2) is 10.5. The first-order valence-electron chi connectivity index (χ1n) is 8.85. The average molecular weight is 364 g/mol. The van der Waals surface area contributed by atoms with E-state index < -0.39 is 11.7 Å². The number of amides is 1. The van der Waals surface area contributed by atoms with Crippen molar-refractivity contribution in [3.05, 3.63) is 29.8 Å². The molecular formula is C19H32N4O3. The lowest BCUT2D eigenvalue weighted by molar-refractivity contribution is 0.0529. The summed E-state index contributed by atoms with van der Waals surface area (Å²) in [6.45, 7) is 11.1. The number of ether oxygens (including phenoxy) is 2. The minimum absolute atomic E-state index is 0.0189. The van der Waals surface area contributed by atoms with Gasteiger partial charge in [-0.15, -0.1) is 0 Å². The molecule has 1 aromatic rings. The lowest BCUT2D eigenvalue weighted by Gasteiger charge is -2.20. The summed E-state index contributed by atoms with van der Waals surface area (Å²) in [6, 6.07) is 7.93. The van der Waals surface area contributed by atoms with Gasteiger partial charge in [-0.05, 0) is 46.2 Å². The summed E-state index contributed by atoms with van der Waals surface area (Å²) in [6.07, 6.45) is -0.447. The van der Waals surface area contributed by atoms with Gasteiger partial charge in [-0.25, -0.2) is 4.79 Å². The van der Waals surface area contributed by atoms with Crippen LogP contribution in [0.1, 0.15) is 33.3 Å². The molecule has 0 aliphatic rings. The monoisotopic (exact) mass is 364 g/mol. The highest BCUT2D eigenvalue weighted by atomic mass is 16.6. The Kier molecular flexibility index (Phi) is 8.75. The van der Waals surface area contributed by atoms with Crippen LogP contribution in [0.4, 0.5) is 4.79 Å². The van der Waals surface area contributed by atoms with Crippen molar-refractivity contribution in [2.75, 3.05) is 26.7 Å². The van der Waals surface area contributed by atoms with Crippen molar-refractivity contribution >= 4 is 12.1 Å². The molecule has 1 rings (SSSR count). The van der Waals surface area contributed by atoms with E-state index in [-0.39, 0.29) is 6.10 Å². The maximum Gasteiger partial charge on any atom is 0.407 e. The molecule has 0 bridgehead atoms. The Balaban J connectivity index is 2.26. The Hall–Kier alpha value is -2.44. The van der Waals surface area contributed by atoms with Crippen molar-refractivity contribution in [3.8, 4) is 5.75 Å². The quantitative estimate of drug-likeness (QED) is 0.393. The van der Waals surface area contributed by atoms with Crippen LogP contribution < -0.4 is 20.7 Å². The third-order valence-electron chi connectivity index (χ3n) is 3.29. The predicted octanol–water partition coefficient (Wildman–Crippen LogP) is 2.45. The van der Waals surface area contributed by atoms with Gasteiger partial charge in [-0.2, -0.15) is 0 Å². The first-order chi connectivity index (χ1) is 12.2. The van der Waals surface area contributed by atoms with Crippen molar-refractivity contribution in [1.29, 1.82) is 0 Å². The van der Waals surface area contributed by atoms with Gasteiger partial charge in [0, 0.05) is 20.1 Å². The van der Waals surface area contributed by atoms with Crippen LogP contribution in [0.5, 0.6) is 5.75 Å². The number of nitrogens with one attached hydrogen (secondary N) is 3. The molecule has 0 spiro atoms. The normalized spacial score (nSPS) is 12.9. The standard InChI is InChI=1S/C19H32N4O3/c1-14-9-7-8-10-16(14)25-15(2)13-23-17(20-6)21-11-12-22-18(24)26-19(3,4)5/h7-10,15H,11-13H2,1-6H3,(H,22,24)(H2,20,21,23). The van der Waals surface area contributed by atoms with Gasteiger partial charge >= 0.3 is 6.09 Å². The fourth-order valence-corrected chi connectivity index (χ4v) is 2.07. The van der Waals surface area contributed by atoms with Crippen molar-refractivity contribution in [2.24, 2.45) is 4.99 Å². The zero-order valence-corrected chi connectivity index (χ0v) is 16.7. The maximum absolute atomic E-state index is 11.6. The lowest BCUT2D eigenvalue weighted by Crippen LogP contribution is -2.44. The lowest BCUT2D eigenvalue weighted by atomic mass is 10.2. The van der Waals surface area contributed by atoms with Crippen LogP contribution in [0.25, 0.3) is 0 Å². The Morgan fingerprint density at radius 1 is 1.15 bits per heavy atom. The summed E-state index contributed by atoms with van der Waals surface area (Å²) in [5.74, 6) is 1.53. The second-order valence-electron chi connectivity index (χ2n) is 7.00. The molecule has 1 unspecified atom stereocenters. The van der Waals surface area contributed by atoms with Crippen LogP contribution in [0.3, 0.4) is 0 Å². The molecule has 0 saturated heterocycles. The SMILES string of the molecule is CN=C(NCCNC(=O)OC(C)(C)C)NCC(C)Oc1ccccc1C. The Morgan fingerprint density at radius 2 is 1.81 bits per heavy atom. The van der Waals surface area contributed by atoms with Gasteiger partial charge in [0.25, 0.3) is 0 Å². The molecule has 7 heteroatoms. The van der Waals surface area contributed by atoms with Crippen LogP contribution in [-0.2, 0) is 4.74 Å². The summed E-state index contributed by atoms with van der Waals surface area (Å²) in [7, 11) is 1.70. The summed E-state index contributed by atoms with van der Waals surface area (Å²) < 4.78 is 11.1. The van der Waals surface area contributed by atoms with Gasteiger partial charge in [0.05, 0.1) is 6.54 Å². The molecule has 0 heterocycles. The summed E-state index contributed by atoms with van der Waals surface area (Å²) in [5, 5.41) is 9.03. The van der Waals surface area contributed by atoms with Crippen molar-refractivity contribution in [1.82, 2.24) is 16.0 Å². The molecule has 0 aromatic heterocycles. The number of rotatable bonds is 7. The number of benzene rings is 1. The first kappa shape index (κ1) is 21.6. The van der Waals surface area contributed by atoms with E-state index >= 15 is 0 Å². The van der Waals surface area contributed by atoms with Crippen LogP contribution in [-0.4, -0.2) is 50.4 Å². The molecule has 0 fully saturated rings. The zero-order valence-electron chi connectivity index (χ0n) is 16.7. The Labute approximate surface area is 156 Å². The molecule has 7 nitrogen and oxygen atoms in total. The largest absolute Gasteiger partial charge is 0.489 e. The van der Waals surface area contributed by atoms with Crippen molar-refractivity contribution < 1.29 is 14.3 Å². The number of hydrogen-bond donors (Lipinski definition) is 3. The highest BCUT2D eigenvalue weighted by Crippen LogP contribution is 2.17. The number of para-hydroxylation sites is 1. The molecule has 0 radical (unpaired) electrons.